The average Bonchev–Trinajstić information content (AvgIpc) is 2.76. The molecule has 0 fully saturated rings. The standard InChI is InChI=1S/C12H9ClFNO2S/c13-7-1-3-10(9(14)5-7)15-6-8-2-4-11(18-8)12(16)17/h1-5,15H,6H2,(H,16,17). The molecule has 2 rings (SSSR count). The lowest BCUT2D eigenvalue weighted by atomic mass is 10.3. The van der Waals surface area contributed by atoms with E-state index in [0.717, 1.165) is 16.2 Å². The van der Waals surface area contributed by atoms with Crippen molar-refractivity contribution >= 4 is 34.6 Å². The van der Waals surface area contributed by atoms with Crippen molar-refractivity contribution in [3.63, 3.8) is 0 Å². The van der Waals surface area contributed by atoms with E-state index < -0.39 is 11.8 Å². The normalized spacial score (nSPS) is 10.3. The van der Waals surface area contributed by atoms with Gasteiger partial charge in [0.1, 0.15) is 10.7 Å². The Morgan fingerprint density at radius 1 is 1.39 bits per heavy atom. The molecule has 0 saturated heterocycles. The summed E-state index contributed by atoms with van der Waals surface area (Å²) in [6.45, 7) is 0.372. The van der Waals surface area contributed by atoms with E-state index in [2.05, 4.69) is 5.32 Å². The number of thiophene rings is 1. The van der Waals surface area contributed by atoms with Crippen LogP contribution < -0.4 is 5.32 Å². The van der Waals surface area contributed by atoms with Gasteiger partial charge in [0.25, 0.3) is 0 Å². The average molecular weight is 286 g/mol. The maximum Gasteiger partial charge on any atom is 0.345 e. The summed E-state index contributed by atoms with van der Waals surface area (Å²) >= 11 is 6.80. The maximum atomic E-state index is 13.4. The molecule has 0 aliphatic rings. The van der Waals surface area contributed by atoms with Crippen LogP contribution in [0.25, 0.3) is 0 Å². The summed E-state index contributed by atoms with van der Waals surface area (Å²) in [4.78, 5) is 11.8. The van der Waals surface area contributed by atoms with Crippen LogP contribution in [0.5, 0.6) is 0 Å². The molecule has 6 heteroatoms. The Morgan fingerprint density at radius 2 is 2.17 bits per heavy atom. The second-order valence-corrected chi connectivity index (χ2v) is 5.15. The number of hydrogen-bond acceptors (Lipinski definition) is 3. The zero-order valence-corrected chi connectivity index (χ0v) is 10.7. The number of benzene rings is 1. The van der Waals surface area contributed by atoms with Crippen LogP contribution in [0.15, 0.2) is 30.3 Å². The van der Waals surface area contributed by atoms with Gasteiger partial charge in [-0.05, 0) is 30.3 Å². The van der Waals surface area contributed by atoms with E-state index in [1.807, 2.05) is 0 Å². The van der Waals surface area contributed by atoms with E-state index in [1.54, 1.807) is 18.2 Å². The van der Waals surface area contributed by atoms with Crippen molar-refractivity contribution in [2.75, 3.05) is 5.32 Å². The molecule has 2 N–H and O–H groups in total. The van der Waals surface area contributed by atoms with E-state index >= 15 is 0 Å². The summed E-state index contributed by atoms with van der Waals surface area (Å²) in [5, 5.41) is 12.0. The van der Waals surface area contributed by atoms with Crippen LogP contribution in [0.4, 0.5) is 10.1 Å². The molecule has 2 aromatic rings. The molecule has 0 saturated carbocycles. The first-order valence-corrected chi connectivity index (χ1v) is 6.26. The van der Waals surface area contributed by atoms with E-state index in [0.29, 0.717) is 17.3 Å². The van der Waals surface area contributed by atoms with Crippen LogP contribution in [-0.2, 0) is 6.54 Å². The second kappa shape index (κ2) is 5.37. The van der Waals surface area contributed by atoms with E-state index in [1.165, 1.54) is 12.1 Å². The molecule has 0 radical (unpaired) electrons. The van der Waals surface area contributed by atoms with Crippen molar-refractivity contribution < 1.29 is 14.3 Å². The van der Waals surface area contributed by atoms with Gasteiger partial charge in [0.15, 0.2) is 0 Å². The summed E-state index contributed by atoms with van der Waals surface area (Å²) in [5.41, 5.74) is 0.338. The summed E-state index contributed by atoms with van der Waals surface area (Å²) in [7, 11) is 0. The lowest BCUT2D eigenvalue weighted by Gasteiger charge is -2.06. The van der Waals surface area contributed by atoms with Gasteiger partial charge < -0.3 is 10.4 Å². The minimum absolute atomic E-state index is 0.267. The second-order valence-electron chi connectivity index (χ2n) is 3.55. The number of anilines is 1. The van der Waals surface area contributed by atoms with Gasteiger partial charge in [0.2, 0.25) is 0 Å². The summed E-state index contributed by atoms with van der Waals surface area (Å²) < 4.78 is 13.4. The van der Waals surface area contributed by atoms with Gasteiger partial charge in [-0.15, -0.1) is 11.3 Å². The molecule has 1 aromatic heterocycles. The largest absolute Gasteiger partial charge is 0.477 e. The van der Waals surface area contributed by atoms with E-state index in [9.17, 15) is 9.18 Å². The summed E-state index contributed by atoms with van der Waals surface area (Å²) in [6, 6.07) is 7.59. The molecule has 18 heavy (non-hydrogen) atoms. The van der Waals surface area contributed by atoms with Gasteiger partial charge in [-0.25, -0.2) is 9.18 Å². The fraction of sp³-hybridized carbons (Fsp3) is 0.0833. The summed E-state index contributed by atoms with van der Waals surface area (Å²) in [5.74, 6) is -1.39. The molecular weight excluding hydrogens is 277 g/mol. The predicted octanol–water partition coefficient (Wildman–Crippen LogP) is 3.85. The minimum Gasteiger partial charge on any atom is -0.477 e. The molecule has 1 heterocycles. The minimum atomic E-state index is -0.955. The number of carbonyl (C=O) groups is 1. The van der Waals surface area contributed by atoms with Gasteiger partial charge in [-0.1, -0.05) is 11.6 Å². The van der Waals surface area contributed by atoms with Gasteiger partial charge in [-0.3, -0.25) is 0 Å². The Morgan fingerprint density at radius 3 is 2.78 bits per heavy atom. The zero-order chi connectivity index (χ0) is 13.1. The number of carboxylic acids is 1. The Balaban J connectivity index is 2.04. The Labute approximate surface area is 112 Å². The first-order valence-electron chi connectivity index (χ1n) is 5.07. The smallest absolute Gasteiger partial charge is 0.345 e. The van der Waals surface area contributed by atoms with Crippen molar-refractivity contribution in [2.24, 2.45) is 0 Å². The number of nitrogens with one attached hydrogen (secondary N) is 1. The van der Waals surface area contributed by atoms with Crippen molar-refractivity contribution in [3.8, 4) is 0 Å². The Hall–Kier alpha value is -1.59. The molecule has 1 aromatic carbocycles. The lowest BCUT2D eigenvalue weighted by Crippen LogP contribution is -1.99. The molecule has 0 amide bonds. The molecule has 0 atom stereocenters. The molecule has 0 aliphatic heterocycles. The van der Waals surface area contributed by atoms with Gasteiger partial charge in [-0.2, -0.15) is 0 Å². The lowest BCUT2D eigenvalue weighted by molar-refractivity contribution is 0.0702. The van der Waals surface area contributed by atoms with Crippen molar-refractivity contribution in [2.45, 2.75) is 6.54 Å². The van der Waals surface area contributed by atoms with Gasteiger partial charge in [0, 0.05) is 16.4 Å². The molecule has 0 bridgehead atoms. The monoisotopic (exact) mass is 285 g/mol. The highest BCUT2D eigenvalue weighted by Crippen LogP contribution is 2.21. The SMILES string of the molecule is O=C(O)c1ccc(CNc2ccc(Cl)cc2F)s1. The Bertz CT molecular complexity index is 585. The van der Waals surface area contributed by atoms with Crippen LogP contribution in [0.1, 0.15) is 14.5 Å². The molecule has 0 aliphatic carbocycles. The molecule has 0 unspecified atom stereocenters. The van der Waals surface area contributed by atoms with Crippen molar-refractivity contribution in [3.05, 3.63) is 50.9 Å². The highest BCUT2D eigenvalue weighted by molar-refractivity contribution is 7.13. The van der Waals surface area contributed by atoms with Crippen LogP contribution in [0, 0.1) is 5.82 Å². The van der Waals surface area contributed by atoms with Crippen LogP contribution in [0.3, 0.4) is 0 Å². The first kappa shape index (κ1) is 12.9. The van der Waals surface area contributed by atoms with Crippen molar-refractivity contribution in [1.29, 1.82) is 0 Å². The van der Waals surface area contributed by atoms with Gasteiger partial charge >= 0.3 is 5.97 Å². The third-order valence-electron chi connectivity index (χ3n) is 2.26. The Kier molecular flexibility index (Phi) is 3.84. The molecule has 0 spiro atoms. The fourth-order valence-electron chi connectivity index (χ4n) is 1.40. The first-order chi connectivity index (χ1) is 8.56. The number of hydrogen-bond donors (Lipinski definition) is 2. The third-order valence-corrected chi connectivity index (χ3v) is 3.56. The zero-order valence-electron chi connectivity index (χ0n) is 9.11. The highest BCUT2D eigenvalue weighted by Gasteiger charge is 2.07. The quantitative estimate of drug-likeness (QED) is 0.897. The third kappa shape index (κ3) is 3.00. The van der Waals surface area contributed by atoms with E-state index in [4.69, 9.17) is 16.7 Å². The molecular formula is C12H9ClFNO2S. The molecule has 94 valence electrons. The molecule has 3 nitrogen and oxygen atoms in total. The topological polar surface area (TPSA) is 49.3 Å². The van der Waals surface area contributed by atoms with Crippen molar-refractivity contribution in [1.82, 2.24) is 0 Å². The van der Waals surface area contributed by atoms with Gasteiger partial charge in [0.05, 0.1) is 5.69 Å². The summed E-state index contributed by atoms with van der Waals surface area (Å²) in [6.07, 6.45) is 0. The van der Waals surface area contributed by atoms with Crippen LogP contribution in [-0.4, -0.2) is 11.1 Å². The van der Waals surface area contributed by atoms with Crippen LogP contribution >= 0.6 is 22.9 Å². The number of carboxylic acid groups (broad SMARTS) is 1. The number of halogens is 2. The number of aromatic carboxylic acids is 1. The fourth-order valence-corrected chi connectivity index (χ4v) is 2.35. The number of rotatable bonds is 4. The van der Waals surface area contributed by atoms with Crippen LogP contribution in [0.2, 0.25) is 5.02 Å². The highest BCUT2D eigenvalue weighted by atomic mass is 35.5. The predicted molar refractivity (Wildman–Crippen MR) is 70.0 cm³/mol. The maximum absolute atomic E-state index is 13.4. The van der Waals surface area contributed by atoms with E-state index in [-0.39, 0.29) is 4.88 Å².